The summed E-state index contributed by atoms with van der Waals surface area (Å²) in [5.41, 5.74) is 1.50. The summed E-state index contributed by atoms with van der Waals surface area (Å²) in [6.07, 6.45) is 0.238. The number of aliphatic hydroxyl groups is 1. The summed E-state index contributed by atoms with van der Waals surface area (Å²) in [4.78, 5) is 44.9. The first-order valence-corrected chi connectivity index (χ1v) is 15.0. The van der Waals surface area contributed by atoms with Gasteiger partial charge in [0, 0.05) is 49.0 Å². The number of halogens is 1. The molecule has 5 rings (SSSR count). The molecule has 0 radical (unpaired) electrons. The summed E-state index contributed by atoms with van der Waals surface area (Å²) in [5.74, 6) is -2.38. The third-order valence-electron chi connectivity index (χ3n) is 8.47. The molecule has 2 aromatic carbocycles. The first-order chi connectivity index (χ1) is 19.3. The minimum absolute atomic E-state index is 0.117. The number of carbonyl (C=O) groups is 3. The number of benzene rings is 2. The van der Waals surface area contributed by atoms with Crippen molar-refractivity contribution in [1.29, 1.82) is 0 Å². The minimum atomic E-state index is -1.13. The van der Waals surface area contributed by atoms with Gasteiger partial charge in [0.1, 0.15) is 11.6 Å². The predicted molar refractivity (Wildman–Crippen MR) is 156 cm³/mol. The molecule has 3 aliphatic rings. The molecule has 3 saturated heterocycles. The summed E-state index contributed by atoms with van der Waals surface area (Å²) >= 11 is 3.69. The predicted octanol–water partition coefficient (Wildman–Crippen LogP) is 2.92. The van der Waals surface area contributed by atoms with Crippen molar-refractivity contribution in [3.63, 3.8) is 0 Å². The maximum atomic E-state index is 13.9. The lowest BCUT2D eigenvalue weighted by atomic mass is 9.70. The average molecular weight is 614 g/mol. The summed E-state index contributed by atoms with van der Waals surface area (Å²) < 4.78 is 6.51. The van der Waals surface area contributed by atoms with Gasteiger partial charge in [-0.25, -0.2) is 0 Å². The molecule has 3 fully saturated rings. The van der Waals surface area contributed by atoms with Gasteiger partial charge in [-0.1, -0.05) is 46.3 Å². The van der Waals surface area contributed by atoms with Crippen LogP contribution in [0.3, 0.4) is 0 Å². The van der Waals surface area contributed by atoms with Crippen LogP contribution in [-0.4, -0.2) is 76.5 Å². The maximum Gasteiger partial charge on any atom is 0.250 e. The second-order valence-electron chi connectivity index (χ2n) is 10.7. The zero-order valence-corrected chi connectivity index (χ0v) is 24.5. The van der Waals surface area contributed by atoms with Crippen molar-refractivity contribution in [3.05, 3.63) is 60.2 Å². The largest absolute Gasteiger partial charge is 0.396 e. The van der Waals surface area contributed by atoms with Crippen LogP contribution in [0.2, 0.25) is 0 Å². The van der Waals surface area contributed by atoms with Gasteiger partial charge >= 0.3 is 0 Å². The maximum absolute atomic E-state index is 13.9. The van der Waals surface area contributed by atoms with E-state index in [2.05, 4.69) is 45.3 Å². The lowest BCUT2D eigenvalue weighted by Crippen LogP contribution is -2.54. The number of hydrogen-bond donors (Lipinski definition) is 3. The third kappa shape index (κ3) is 5.01. The average Bonchev–Trinajstić information content (AvgIpc) is 3.55. The van der Waals surface area contributed by atoms with Crippen molar-refractivity contribution in [2.75, 3.05) is 36.5 Å². The number of hydrogen-bond acceptors (Lipinski definition) is 6. The van der Waals surface area contributed by atoms with Gasteiger partial charge in [0.05, 0.1) is 17.9 Å². The molecular weight excluding hydrogens is 576 g/mol. The number of fused-ring (bicyclic) bond motifs is 1. The summed E-state index contributed by atoms with van der Waals surface area (Å²) in [6, 6.07) is 16.3. The van der Waals surface area contributed by atoms with Crippen molar-refractivity contribution >= 4 is 45.0 Å². The van der Waals surface area contributed by atoms with Gasteiger partial charge in [0.25, 0.3) is 0 Å². The molecule has 6 atom stereocenters. The Morgan fingerprint density at radius 2 is 1.80 bits per heavy atom. The van der Waals surface area contributed by atoms with E-state index in [-0.39, 0.29) is 35.7 Å². The van der Waals surface area contributed by atoms with Crippen LogP contribution in [0.4, 0.5) is 11.4 Å². The molecule has 1 spiro atoms. The molecule has 214 valence electrons. The second kappa shape index (κ2) is 11.9. The molecule has 0 saturated carbocycles. The number of ether oxygens (including phenoxy) is 1. The Labute approximate surface area is 243 Å². The van der Waals surface area contributed by atoms with Gasteiger partial charge in [-0.3, -0.25) is 14.4 Å². The number of aliphatic hydroxyl groups excluding tert-OH is 1. The highest BCUT2D eigenvalue weighted by atomic mass is 79.9. The molecule has 2 aromatic rings. The Morgan fingerprint density at radius 3 is 2.45 bits per heavy atom. The number of nitrogens with one attached hydrogen (secondary N) is 2. The summed E-state index contributed by atoms with van der Waals surface area (Å²) in [7, 11) is 0. The van der Waals surface area contributed by atoms with Crippen molar-refractivity contribution in [2.24, 2.45) is 11.8 Å². The van der Waals surface area contributed by atoms with E-state index in [1.54, 1.807) is 0 Å². The van der Waals surface area contributed by atoms with Crippen LogP contribution in [0, 0.1) is 11.8 Å². The van der Waals surface area contributed by atoms with Crippen LogP contribution in [0.5, 0.6) is 0 Å². The third-order valence-corrected chi connectivity index (χ3v) is 9.32. The van der Waals surface area contributed by atoms with Crippen LogP contribution in [0.25, 0.3) is 0 Å². The van der Waals surface area contributed by atoms with Crippen molar-refractivity contribution in [1.82, 2.24) is 10.2 Å². The van der Waals surface area contributed by atoms with Gasteiger partial charge in [-0.15, -0.1) is 0 Å². The van der Waals surface area contributed by atoms with E-state index in [1.807, 2.05) is 54.6 Å². The van der Waals surface area contributed by atoms with Gasteiger partial charge in [-0.2, -0.15) is 0 Å². The molecule has 3 aliphatic heterocycles. The fraction of sp³-hybridized carbons (Fsp3) is 0.500. The van der Waals surface area contributed by atoms with Crippen molar-refractivity contribution in [2.45, 2.75) is 55.8 Å². The zero-order chi connectivity index (χ0) is 28.4. The van der Waals surface area contributed by atoms with Crippen LogP contribution in [-0.2, 0) is 25.7 Å². The van der Waals surface area contributed by atoms with E-state index in [0.29, 0.717) is 25.1 Å². The fourth-order valence-corrected chi connectivity index (χ4v) is 7.61. The molecule has 3 amide bonds. The first kappa shape index (κ1) is 28.6. The molecule has 9 nitrogen and oxygen atoms in total. The van der Waals surface area contributed by atoms with Crippen LogP contribution in [0.1, 0.15) is 32.3 Å². The highest BCUT2D eigenvalue weighted by Gasteiger charge is 2.76. The van der Waals surface area contributed by atoms with E-state index in [1.165, 1.54) is 4.90 Å². The molecule has 10 heteroatoms. The molecule has 0 aliphatic carbocycles. The molecule has 3 unspecified atom stereocenters. The van der Waals surface area contributed by atoms with Crippen LogP contribution >= 0.6 is 15.9 Å². The van der Waals surface area contributed by atoms with E-state index in [4.69, 9.17) is 4.74 Å². The lowest BCUT2D eigenvalue weighted by Gasteiger charge is -2.34. The number of nitrogens with zero attached hydrogens (tertiary/aromatic N) is 2. The molecular formula is C30H37BrN4O5. The summed E-state index contributed by atoms with van der Waals surface area (Å²) in [6.45, 7) is 6.36. The number of amides is 3. The van der Waals surface area contributed by atoms with Crippen LogP contribution in [0.15, 0.2) is 54.6 Å². The first-order valence-electron chi connectivity index (χ1n) is 14.0. The number of anilines is 2. The smallest absolute Gasteiger partial charge is 0.250 e. The van der Waals surface area contributed by atoms with Crippen molar-refractivity contribution in [3.8, 4) is 0 Å². The number of rotatable bonds is 11. The number of carbonyl (C=O) groups excluding carboxylic acids is 3. The Bertz CT molecular complexity index is 1220. The second-order valence-corrected chi connectivity index (χ2v) is 11.9. The molecule has 0 aromatic heterocycles. The Morgan fingerprint density at radius 1 is 1.10 bits per heavy atom. The quantitative estimate of drug-likeness (QED) is 0.337. The number of likely N-dealkylation sites (tertiary alicyclic amines) is 1. The lowest BCUT2D eigenvalue weighted by molar-refractivity contribution is -0.141. The fourth-order valence-electron chi connectivity index (χ4n) is 6.67. The van der Waals surface area contributed by atoms with Crippen molar-refractivity contribution < 1.29 is 24.2 Å². The SMILES string of the molecule is CCN(CC)c1ccc(NC(=O)C2N(CCCO)C(=O)[C@@H]3[C@H](C(=O)NCc4ccccc4)[C@H]4OC23CC4Br)cc1. The Hall–Kier alpha value is -2.95. The number of alkyl halides is 1. The van der Waals surface area contributed by atoms with E-state index < -0.39 is 29.6 Å². The van der Waals surface area contributed by atoms with E-state index >= 15 is 0 Å². The normalized spacial score (nSPS) is 28.4. The topological polar surface area (TPSA) is 111 Å². The molecule has 3 N–H and O–H groups in total. The van der Waals surface area contributed by atoms with Crippen LogP contribution < -0.4 is 15.5 Å². The van der Waals surface area contributed by atoms with E-state index in [0.717, 1.165) is 24.3 Å². The van der Waals surface area contributed by atoms with E-state index in [9.17, 15) is 19.5 Å². The van der Waals surface area contributed by atoms with Gasteiger partial charge in [0.15, 0.2) is 0 Å². The highest BCUT2D eigenvalue weighted by Crippen LogP contribution is 2.60. The molecule has 2 bridgehead atoms. The Balaban J connectivity index is 1.40. The van der Waals surface area contributed by atoms with Gasteiger partial charge in [-0.05, 0) is 56.5 Å². The zero-order valence-electron chi connectivity index (χ0n) is 22.9. The highest BCUT2D eigenvalue weighted by molar-refractivity contribution is 9.09. The minimum Gasteiger partial charge on any atom is -0.396 e. The van der Waals surface area contributed by atoms with Gasteiger partial charge in [0.2, 0.25) is 17.7 Å². The monoisotopic (exact) mass is 612 g/mol. The Kier molecular flexibility index (Phi) is 8.49. The standard InChI is InChI=1S/C30H37BrN4O5/c1-3-34(4-2)21-13-11-20(12-14-21)33-28(38)26-30-17-22(31)25(40-30)23(24(30)29(39)35(26)15-8-16-36)27(37)32-18-19-9-6-5-7-10-19/h5-7,9-14,22-26,36H,3-4,8,15-18H2,1-2H3,(H,32,37)(H,33,38)/t22?,23-,24-,25-,26?,30?/m0/s1. The summed E-state index contributed by atoms with van der Waals surface area (Å²) in [5, 5.41) is 15.5. The molecule has 3 heterocycles. The van der Waals surface area contributed by atoms with Gasteiger partial charge < -0.3 is 30.3 Å². The molecule has 40 heavy (non-hydrogen) atoms.